The van der Waals surface area contributed by atoms with Crippen molar-refractivity contribution in [2.24, 2.45) is 17.8 Å². The lowest BCUT2D eigenvalue weighted by Gasteiger charge is -2.34. The van der Waals surface area contributed by atoms with Crippen LogP contribution < -0.4 is 0 Å². The second-order valence-corrected chi connectivity index (χ2v) is 4.03. The minimum absolute atomic E-state index is 0.0484. The molecule has 0 saturated carbocycles. The van der Waals surface area contributed by atoms with Crippen LogP contribution in [0, 0.1) is 17.8 Å². The van der Waals surface area contributed by atoms with E-state index in [1.807, 2.05) is 6.08 Å². The summed E-state index contributed by atoms with van der Waals surface area (Å²) in [6.07, 6.45) is 5.85. The molecule has 2 heteroatoms. The van der Waals surface area contributed by atoms with Crippen molar-refractivity contribution in [3.63, 3.8) is 0 Å². The fraction of sp³-hybridized carbons (Fsp3) is 0.818. The summed E-state index contributed by atoms with van der Waals surface area (Å²) in [7, 11) is 0. The van der Waals surface area contributed by atoms with Crippen LogP contribution in [0.1, 0.15) is 26.7 Å². The molecular formula is C11H20O2. The summed E-state index contributed by atoms with van der Waals surface area (Å²) in [6.45, 7) is 4.32. The summed E-state index contributed by atoms with van der Waals surface area (Å²) in [5.74, 6) is 0.720. The Morgan fingerprint density at radius 2 is 2.00 bits per heavy atom. The largest absolute Gasteiger partial charge is 0.396 e. The Morgan fingerprint density at radius 3 is 2.54 bits per heavy atom. The molecule has 2 N–H and O–H groups in total. The fourth-order valence-electron chi connectivity index (χ4n) is 2.14. The Hall–Kier alpha value is -0.340. The molecule has 0 unspecified atom stereocenters. The Bertz CT molecular complexity index is 177. The third-order valence-electron chi connectivity index (χ3n) is 3.05. The van der Waals surface area contributed by atoms with Crippen LogP contribution in [0.4, 0.5) is 0 Å². The maximum atomic E-state index is 9.92. The monoisotopic (exact) mass is 184 g/mol. The van der Waals surface area contributed by atoms with Crippen LogP contribution in [0.15, 0.2) is 12.2 Å². The van der Waals surface area contributed by atoms with Gasteiger partial charge in [0, 0.05) is 5.92 Å². The van der Waals surface area contributed by atoms with Crippen LogP contribution >= 0.6 is 0 Å². The molecule has 4 atom stereocenters. The van der Waals surface area contributed by atoms with Crippen LogP contribution in [-0.4, -0.2) is 22.9 Å². The molecule has 2 nitrogen and oxygen atoms in total. The van der Waals surface area contributed by atoms with Crippen molar-refractivity contribution < 1.29 is 10.2 Å². The molecule has 0 fully saturated rings. The molecule has 76 valence electrons. The Balaban J connectivity index is 2.66. The predicted octanol–water partition coefficient (Wildman–Crippen LogP) is 1.58. The van der Waals surface area contributed by atoms with Crippen LogP contribution in [0.2, 0.25) is 0 Å². The van der Waals surface area contributed by atoms with Crippen molar-refractivity contribution in [2.75, 3.05) is 6.61 Å². The molecule has 0 aromatic rings. The molecule has 0 amide bonds. The van der Waals surface area contributed by atoms with E-state index in [9.17, 15) is 5.11 Å². The maximum absolute atomic E-state index is 9.92. The molecule has 1 aliphatic rings. The van der Waals surface area contributed by atoms with E-state index in [4.69, 9.17) is 5.11 Å². The Labute approximate surface area is 80.3 Å². The minimum Gasteiger partial charge on any atom is -0.396 e. The molecular weight excluding hydrogens is 164 g/mol. The van der Waals surface area contributed by atoms with Gasteiger partial charge in [-0.2, -0.15) is 0 Å². The molecule has 0 spiro atoms. The van der Waals surface area contributed by atoms with E-state index in [1.165, 1.54) is 0 Å². The lowest BCUT2D eigenvalue weighted by atomic mass is 9.75. The third-order valence-corrected chi connectivity index (χ3v) is 3.05. The highest BCUT2D eigenvalue weighted by Gasteiger charge is 2.31. The summed E-state index contributed by atoms with van der Waals surface area (Å²) in [5, 5.41) is 18.9. The van der Waals surface area contributed by atoms with Crippen LogP contribution in [0.25, 0.3) is 0 Å². The first-order valence-electron chi connectivity index (χ1n) is 5.18. The van der Waals surface area contributed by atoms with Crippen molar-refractivity contribution in [3.8, 4) is 0 Å². The van der Waals surface area contributed by atoms with Crippen molar-refractivity contribution in [1.82, 2.24) is 0 Å². The van der Waals surface area contributed by atoms with Crippen LogP contribution in [0.3, 0.4) is 0 Å². The topological polar surface area (TPSA) is 40.5 Å². The standard InChI is InChI=1S/C11H20O2/c1-3-4-10-8(2)5-6-9(7-12)11(10)13/h5-6,8-13H,3-4,7H2,1-2H3/t8-,9-,10-,11-/m1/s1. The molecule has 0 aliphatic heterocycles. The summed E-state index contributed by atoms with van der Waals surface area (Å²) >= 11 is 0. The second kappa shape index (κ2) is 4.77. The van der Waals surface area contributed by atoms with Gasteiger partial charge in [-0.1, -0.05) is 32.4 Å². The van der Waals surface area contributed by atoms with E-state index in [1.54, 1.807) is 0 Å². The highest BCUT2D eigenvalue weighted by Crippen LogP contribution is 2.31. The first-order valence-corrected chi connectivity index (χ1v) is 5.18. The van der Waals surface area contributed by atoms with Gasteiger partial charge >= 0.3 is 0 Å². The lowest BCUT2D eigenvalue weighted by molar-refractivity contribution is 0.0176. The summed E-state index contributed by atoms with van der Waals surface area (Å²) in [4.78, 5) is 0. The Kier molecular flexibility index (Phi) is 3.94. The van der Waals surface area contributed by atoms with Crippen LogP contribution in [0.5, 0.6) is 0 Å². The van der Waals surface area contributed by atoms with Gasteiger partial charge in [0.1, 0.15) is 0 Å². The van der Waals surface area contributed by atoms with Gasteiger partial charge in [-0.05, 0) is 18.3 Å². The number of rotatable bonds is 3. The van der Waals surface area contributed by atoms with Gasteiger partial charge in [0.25, 0.3) is 0 Å². The molecule has 1 rings (SSSR count). The zero-order valence-electron chi connectivity index (χ0n) is 8.48. The molecule has 1 aliphatic carbocycles. The van der Waals surface area contributed by atoms with Crippen molar-refractivity contribution in [1.29, 1.82) is 0 Å². The maximum Gasteiger partial charge on any atom is 0.0658 e. The van der Waals surface area contributed by atoms with Gasteiger partial charge < -0.3 is 10.2 Å². The highest BCUT2D eigenvalue weighted by atomic mass is 16.3. The Morgan fingerprint density at radius 1 is 1.31 bits per heavy atom. The minimum atomic E-state index is -0.357. The van der Waals surface area contributed by atoms with Gasteiger partial charge in [-0.3, -0.25) is 0 Å². The van der Waals surface area contributed by atoms with Crippen LogP contribution in [-0.2, 0) is 0 Å². The quantitative estimate of drug-likeness (QED) is 0.654. The SMILES string of the molecule is CCC[C@H]1[C@H](O)[C@@H](CO)C=C[C@H]1C. The smallest absolute Gasteiger partial charge is 0.0658 e. The summed E-state index contributed by atoms with van der Waals surface area (Å²) in [5.41, 5.74) is 0. The van der Waals surface area contributed by atoms with Gasteiger partial charge in [0.05, 0.1) is 12.7 Å². The van der Waals surface area contributed by atoms with E-state index in [-0.39, 0.29) is 18.6 Å². The zero-order valence-corrected chi connectivity index (χ0v) is 8.48. The first-order chi connectivity index (χ1) is 6.20. The lowest BCUT2D eigenvalue weighted by Crippen LogP contribution is -2.36. The zero-order chi connectivity index (χ0) is 9.84. The number of allylic oxidation sites excluding steroid dienone is 1. The van der Waals surface area contributed by atoms with Gasteiger partial charge in [-0.25, -0.2) is 0 Å². The highest BCUT2D eigenvalue weighted by molar-refractivity contribution is 5.04. The first kappa shape index (κ1) is 10.7. The molecule has 0 aromatic carbocycles. The normalized spacial score (nSPS) is 39.4. The molecule has 0 saturated heterocycles. The van der Waals surface area contributed by atoms with Crippen molar-refractivity contribution in [2.45, 2.75) is 32.8 Å². The predicted molar refractivity (Wildman–Crippen MR) is 53.3 cm³/mol. The number of hydrogen-bond acceptors (Lipinski definition) is 2. The molecule has 0 aromatic heterocycles. The van der Waals surface area contributed by atoms with E-state index in [0.29, 0.717) is 11.8 Å². The molecule has 0 heterocycles. The number of aliphatic hydroxyl groups excluding tert-OH is 2. The molecule has 0 radical (unpaired) electrons. The van der Waals surface area contributed by atoms with E-state index < -0.39 is 0 Å². The second-order valence-electron chi connectivity index (χ2n) is 4.03. The van der Waals surface area contributed by atoms with E-state index in [2.05, 4.69) is 19.9 Å². The van der Waals surface area contributed by atoms with Crippen molar-refractivity contribution in [3.05, 3.63) is 12.2 Å². The van der Waals surface area contributed by atoms with E-state index in [0.717, 1.165) is 12.8 Å². The average molecular weight is 184 g/mol. The average Bonchev–Trinajstić information content (AvgIpc) is 2.12. The molecule has 0 bridgehead atoms. The third kappa shape index (κ3) is 2.32. The summed E-state index contributed by atoms with van der Waals surface area (Å²) < 4.78 is 0. The number of aliphatic hydroxyl groups is 2. The number of hydrogen-bond donors (Lipinski definition) is 2. The van der Waals surface area contributed by atoms with Crippen molar-refractivity contribution >= 4 is 0 Å². The van der Waals surface area contributed by atoms with Gasteiger partial charge in [0.2, 0.25) is 0 Å². The van der Waals surface area contributed by atoms with E-state index >= 15 is 0 Å². The molecule has 13 heavy (non-hydrogen) atoms. The fourth-order valence-corrected chi connectivity index (χ4v) is 2.14. The van der Waals surface area contributed by atoms with Gasteiger partial charge in [0.15, 0.2) is 0 Å². The van der Waals surface area contributed by atoms with Gasteiger partial charge in [-0.15, -0.1) is 0 Å². The summed E-state index contributed by atoms with van der Waals surface area (Å²) in [6, 6.07) is 0.